The van der Waals surface area contributed by atoms with Crippen LogP contribution in [0.15, 0.2) is 48.3 Å². The molecule has 6 heteroatoms. The molecule has 1 aromatic carbocycles. The molecule has 0 saturated heterocycles. The van der Waals surface area contributed by atoms with Gasteiger partial charge in [-0.1, -0.05) is 23.7 Å². The summed E-state index contributed by atoms with van der Waals surface area (Å²) in [6.45, 7) is 3.87. The van der Waals surface area contributed by atoms with Gasteiger partial charge in [-0.2, -0.15) is 5.26 Å². The molecule has 2 N–H and O–H groups in total. The molecule has 5 nitrogen and oxygen atoms in total. The SMILES string of the molecule is Cc1cccc(NC(=O)/C(C#N)=C\Nc2cc(Cl)ccn2)c1C. The number of nitrogens with zero attached hydrogens (tertiary/aromatic N) is 2. The number of aryl methyl sites for hydroxylation is 1. The van der Waals surface area contributed by atoms with Crippen LogP contribution < -0.4 is 10.6 Å². The first-order valence-corrected chi connectivity index (χ1v) is 7.25. The van der Waals surface area contributed by atoms with Crippen LogP contribution in [0.1, 0.15) is 11.1 Å². The van der Waals surface area contributed by atoms with Crippen LogP contribution in [0, 0.1) is 25.2 Å². The first-order chi connectivity index (χ1) is 11.0. The van der Waals surface area contributed by atoms with Crippen molar-refractivity contribution in [1.82, 2.24) is 4.98 Å². The fourth-order valence-corrected chi connectivity index (χ4v) is 2.01. The van der Waals surface area contributed by atoms with E-state index in [0.717, 1.165) is 11.1 Å². The van der Waals surface area contributed by atoms with Crippen molar-refractivity contribution in [3.8, 4) is 6.07 Å². The second-order valence-electron chi connectivity index (χ2n) is 4.88. The number of anilines is 2. The van der Waals surface area contributed by atoms with E-state index in [1.165, 1.54) is 12.4 Å². The van der Waals surface area contributed by atoms with Crippen molar-refractivity contribution in [2.45, 2.75) is 13.8 Å². The molecular formula is C17H15ClN4O. The Balaban J connectivity index is 2.14. The summed E-state index contributed by atoms with van der Waals surface area (Å²) in [6.07, 6.45) is 2.83. The highest BCUT2D eigenvalue weighted by molar-refractivity contribution is 6.30. The molecule has 1 amide bonds. The highest BCUT2D eigenvalue weighted by Gasteiger charge is 2.11. The van der Waals surface area contributed by atoms with Gasteiger partial charge in [-0.05, 0) is 43.2 Å². The number of rotatable bonds is 4. The summed E-state index contributed by atoms with van der Waals surface area (Å²) < 4.78 is 0. The third kappa shape index (κ3) is 4.31. The first kappa shape index (κ1) is 16.5. The fourth-order valence-electron chi connectivity index (χ4n) is 1.85. The van der Waals surface area contributed by atoms with Gasteiger partial charge >= 0.3 is 0 Å². The molecule has 0 aliphatic heterocycles. The van der Waals surface area contributed by atoms with Crippen molar-refractivity contribution < 1.29 is 4.79 Å². The molecule has 0 radical (unpaired) electrons. The van der Waals surface area contributed by atoms with Crippen LogP contribution in [0.5, 0.6) is 0 Å². The minimum Gasteiger partial charge on any atom is -0.345 e. The predicted octanol–water partition coefficient (Wildman–Crippen LogP) is 3.81. The van der Waals surface area contributed by atoms with Crippen molar-refractivity contribution >= 4 is 29.0 Å². The summed E-state index contributed by atoms with van der Waals surface area (Å²) in [6, 6.07) is 10.7. The Morgan fingerprint density at radius 3 is 2.83 bits per heavy atom. The molecule has 0 aliphatic carbocycles. The molecule has 0 aliphatic rings. The Labute approximate surface area is 139 Å². The maximum atomic E-state index is 12.2. The molecule has 0 bridgehead atoms. The highest BCUT2D eigenvalue weighted by atomic mass is 35.5. The van der Waals surface area contributed by atoms with E-state index in [9.17, 15) is 4.79 Å². The van der Waals surface area contributed by atoms with Crippen LogP contribution in [-0.4, -0.2) is 10.9 Å². The zero-order valence-corrected chi connectivity index (χ0v) is 13.5. The normalized spacial score (nSPS) is 10.8. The zero-order chi connectivity index (χ0) is 16.8. The largest absolute Gasteiger partial charge is 0.345 e. The van der Waals surface area contributed by atoms with Crippen molar-refractivity contribution in [3.05, 3.63) is 64.5 Å². The lowest BCUT2D eigenvalue weighted by Gasteiger charge is -2.10. The Morgan fingerprint density at radius 1 is 1.35 bits per heavy atom. The van der Waals surface area contributed by atoms with E-state index < -0.39 is 5.91 Å². The van der Waals surface area contributed by atoms with Crippen LogP contribution in [0.4, 0.5) is 11.5 Å². The number of carbonyl (C=O) groups is 1. The van der Waals surface area contributed by atoms with Gasteiger partial charge in [0.2, 0.25) is 0 Å². The number of aromatic nitrogens is 1. The number of pyridine rings is 1. The van der Waals surface area contributed by atoms with E-state index in [0.29, 0.717) is 16.5 Å². The van der Waals surface area contributed by atoms with Crippen LogP contribution in [0.3, 0.4) is 0 Å². The van der Waals surface area contributed by atoms with Crippen molar-refractivity contribution in [1.29, 1.82) is 5.26 Å². The average Bonchev–Trinajstić information content (AvgIpc) is 2.52. The number of nitrogens with one attached hydrogen (secondary N) is 2. The first-order valence-electron chi connectivity index (χ1n) is 6.87. The van der Waals surface area contributed by atoms with Crippen molar-refractivity contribution in [3.63, 3.8) is 0 Å². The fraction of sp³-hybridized carbons (Fsp3) is 0.118. The minimum atomic E-state index is -0.490. The molecule has 23 heavy (non-hydrogen) atoms. The van der Waals surface area contributed by atoms with E-state index in [1.54, 1.807) is 18.2 Å². The molecule has 1 heterocycles. The van der Waals surface area contributed by atoms with Crippen LogP contribution in [0.2, 0.25) is 5.02 Å². The van der Waals surface area contributed by atoms with Gasteiger partial charge in [-0.15, -0.1) is 0 Å². The number of halogens is 1. The number of benzene rings is 1. The number of amides is 1. The number of hydrogen-bond acceptors (Lipinski definition) is 4. The number of nitriles is 1. The van der Waals surface area contributed by atoms with E-state index in [4.69, 9.17) is 16.9 Å². The molecule has 0 fully saturated rings. The summed E-state index contributed by atoms with van der Waals surface area (Å²) in [4.78, 5) is 16.2. The molecule has 1 aromatic heterocycles. The molecular weight excluding hydrogens is 312 g/mol. The monoisotopic (exact) mass is 326 g/mol. The topological polar surface area (TPSA) is 77.8 Å². The van der Waals surface area contributed by atoms with Gasteiger partial charge in [0.15, 0.2) is 0 Å². The third-order valence-electron chi connectivity index (χ3n) is 3.30. The lowest BCUT2D eigenvalue weighted by atomic mass is 10.1. The van der Waals surface area contributed by atoms with Gasteiger partial charge < -0.3 is 10.6 Å². The van der Waals surface area contributed by atoms with Gasteiger partial charge in [-0.3, -0.25) is 4.79 Å². The molecule has 2 aromatic rings. The van der Waals surface area contributed by atoms with Crippen LogP contribution in [0.25, 0.3) is 0 Å². The van der Waals surface area contributed by atoms with Gasteiger partial charge in [0, 0.05) is 23.1 Å². The van der Waals surface area contributed by atoms with Gasteiger partial charge in [0.05, 0.1) is 0 Å². The Morgan fingerprint density at radius 2 is 2.13 bits per heavy atom. The third-order valence-corrected chi connectivity index (χ3v) is 3.54. The maximum Gasteiger partial charge on any atom is 0.267 e. The van der Waals surface area contributed by atoms with Crippen LogP contribution in [-0.2, 0) is 4.79 Å². The van der Waals surface area contributed by atoms with Crippen molar-refractivity contribution in [2.24, 2.45) is 0 Å². The molecule has 0 atom stereocenters. The van der Waals surface area contributed by atoms with Gasteiger partial charge in [0.25, 0.3) is 5.91 Å². The Kier molecular flexibility index (Phi) is 5.34. The standard InChI is InChI=1S/C17H15ClN4O/c1-11-4-3-5-15(12(11)2)22-17(23)13(9-19)10-21-16-8-14(18)6-7-20-16/h3-8,10H,1-2H3,(H,20,21)(H,22,23)/b13-10-. The number of carbonyl (C=O) groups excluding carboxylic acids is 1. The van der Waals surface area contributed by atoms with Crippen LogP contribution >= 0.6 is 11.6 Å². The highest BCUT2D eigenvalue weighted by Crippen LogP contribution is 2.18. The van der Waals surface area contributed by atoms with E-state index >= 15 is 0 Å². The molecule has 0 unspecified atom stereocenters. The predicted molar refractivity (Wildman–Crippen MR) is 91.1 cm³/mol. The second-order valence-corrected chi connectivity index (χ2v) is 5.31. The summed E-state index contributed by atoms with van der Waals surface area (Å²) in [5.41, 5.74) is 2.64. The average molecular weight is 327 g/mol. The summed E-state index contributed by atoms with van der Waals surface area (Å²) in [5, 5.41) is 15.2. The van der Waals surface area contributed by atoms with E-state index in [2.05, 4.69) is 15.6 Å². The second kappa shape index (κ2) is 7.43. The quantitative estimate of drug-likeness (QED) is 0.661. The molecule has 0 saturated carbocycles. The van der Waals surface area contributed by atoms with Crippen molar-refractivity contribution in [2.75, 3.05) is 10.6 Å². The zero-order valence-electron chi connectivity index (χ0n) is 12.7. The molecule has 0 spiro atoms. The lowest BCUT2D eigenvalue weighted by Crippen LogP contribution is -2.15. The Bertz CT molecular complexity index is 808. The molecule has 2 rings (SSSR count). The minimum absolute atomic E-state index is 0.0623. The van der Waals surface area contributed by atoms with Gasteiger partial charge in [0.1, 0.15) is 17.5 Å². The Hall–Kier alpha value is -2.84. The summed E-state index contributed by atoms with van der Waals surface area (Å²) in [7, 11) is 0. The molecule has 116 valence electrons. The summed E-state index contributed by atoms with van der Waals surface area (Å²) >= 11 is 5.85. The summed E-state index contributed by atoms with van der Waals surface area (Å²) in [5.74, 6) is -0.0412. The van der Waals surface area contributed by atoms with Gasteiger partial charge in [-0.25, -0.2) is 4.98 Å². The maximum absolute atomic E-state index is 12.2. The smallest absolute Gasteiger partial charge is 0.267 e. The number of hydrogen-bond donors (Lipinski definition) is 2. The van der Waals surface area contributed by atoms with E-state index in [-0.39, 0.29) is 5.57 Å². The van der Waals surface area contributed by atoms with E-state index in [1.807, 2.05) is 32.0 Å². The lowest BCUT2D eigenvalue weighted by molar-refractivity contribution is -0.112.